The van der Waals surface area contributed by atoms with Gasteiger partial charge in [-0.2, -0.15) is 0 Å². The molecule has 2 aliphatic rings. The van der Waals surface area contributed by atoms with Crippen molar-refractivity contribution in [3.63, 3.8) is 0 Å². The summed E-state index contributed by atoms with van der Waals surface area (Å²) in [4.78, 5) is 16.4. The first-order chi connectivity index (χ1) is 14.6. The summed E-state index contributed by atoms with van der Waals surface area (Å²) in [6, 6.07) is 2.10. The van der Waals surface area contributed by atoms with E-state index in [9.17, 15) is 4.79 Å². The molecule has 1 aromatic heterocycles. The van der Waals surface area contributed by atoms with E-state index in [1.807, 2.05) is 28.5 Å². The Bertz CT molecular complexity index is 933. The molecule has 3 unspecified atom stereocenters. The Morgan fingerprint density at radius 1 is 1.23 bits per heavy atom. The molecule has 0 bridgehead atoms. The van der Waals surface area contributed by atoms with Crippen molar-refractivity contribution in [2.24, 2.45) is 23.7 Å². The number of carbonyl (C=O) groups excluding carboxylic acids is 1. The van der Waals surface area contributed by atoms with Crippen LogP contribution in [0.5, 0.6) is 0 Å². The summed E-state index contributed by atoms with van der Waals surface area (Å²) in [5.41, 5.74) is 2.92. The summed E-state index contributed by atoms with van der Waals surface area (Å²) >= 11 is 1.61. The molecule has 0 aliphatic carbocycles. The number of amides is 1. The number of allylic oxidation sites excluding steroid dienone is 3. The molecule has 3 atom stereocenters. The number of hydrogen-bond acceptors (Lipinski definition) is 3. The molecule has 4 heteroatoms. The maximum atomic E-state index is 13.4. The van der Waals surface area contributed by atoms with Gasteiger partial charge >= 0.3 is 0 Å². The fraction of sp³-hybridized carbons (Fsp3) is 0.444. The molecular weight excluding hydrogens is 402 g/mol. The lowest BCUT2D eigenvalue weighted by Crippen LogP contribution is -2.53. The molecule has 2 fully saturated rings. The maximum absolute atomic E-state index is 13.4. The van der Waals surface area contributed by atoms with Crippen LogP contribution in [-0.2, 0) is 9.53 Å². The van der Waals surface area contributed by atoms with Gasteiger partial charge in [0.25, 0.3) is 5.91 Å². The second-order valence-electron chi connectivity index (χ2n) is 9.37. The van der Waals surface area contributed by atoms with Crippen LogP contribution < -0.4 is 0 Å². The van der Waals surface area contributed by atoms with Gasteiger partial charge in [-0.1, -0.05) is 60.1 Å². The highest BCUT2D eigenvalue weighted by Crippen LogP contribution is 2.40. The Labute approximate surface area is 191 Å². The number of thiophene rings is 1. The van der Waals surface area contributed by atoms with E-state index in [0.29, 0.717) is 47.2 Å². The lowest BCUT2D eigenvalue weighted by atomic mass is 9.71. The Kier molecular flexibility index (Phi) is 7.10. The summed E-state index contributed by atoms with van der Waals surface area (Å²) in [6.07, 6.45) is 4.61. The summed E-state index contributed by atoms with van der Waals surface area (Å²) < 4.78 is 6.15. The molecule has 0 aromatic carbocycles. The molecule has 3 nitrogen and oxygen atoms in total. The van der Waals surface area contributed by atoms with Gasteiger partial charge in [0.15, 0.2) is 0 Å². The summed E-state index contributed by atoms with van der Waals surface area (Å²) in [5.74, 6) is 2.66. The smallest absolute Gasteiger partial charge is 0.257 e. The lowest BCUT2D eigenvalue weighted by Gasteiger charge is -2.46. The van der Waals surface area contributed by atoms with Crippen molar-refractivity contribution in [1.29, 1.82) is 0 Å². The highest BCUT2D eigenvalue weighted by atomic mass is 32.1. The standard InChI is InChI=1S/C27H35NO2S/c1-9-26-22(10-11-31-26)19(7)18(6)12-25-20(8)27(29)28-14-24(17(4)5)23(16(2)3)13-21(28)15-30-25/h9-12,16-17,21,23-24H,1,6-8,13-15H2,2-5H3/b25-12+. The van der Waals surface area contributed by atoms with E-state index >= 15 is 0 Å². The normalized spacial score (nSPS) is 25.4. The lowest BCUT2D eigenvalue weighted by molar-refractivity contribution is -0.134. The number of fused-ring (bicyclic) bond motifs is 1. The van der Waals surface area contributed by atoms with Crippen molar-refractivity contribution in [1.82, 2.24) is 4.90 Å². The van der Waals surface area contributed by atoms with Crippen LogP contribution in [0.1, 0.15) is 44.6 Å². The van der Waals surface area contributed by atoms with Gasteiger partial charge in [0.2, 0.25) is 0 Å². The van der Waals surface area contributed by atoms with Crippen molar-refractivity contribution in [2.45, 2.75) is 40.2 Å². The Balaban J connectivity index is 1.84. The first kappa shape index (κ1) is 23.3. The first-order valence-electron chi connectivity index (χ1n) is 11.1. The summed E-state index contributed by atoms with van der Waals surface area (Å²) in [6.45, 7) is 26.7. The van der Waals surface area contributed by atoms with E-state index in [4.69, 9.17) is 4.74 Å². The molecular formula is C27H35NO2S. The largest absolute Gasteiger partial charge is 0.491 e. The minimum atomic E-state index is -0.0256. The Hall–Kier alpha value is -2.33. The van der Waals surface area contributed by atoms with Crippen molar-refractivity contribution in [2.75, 3.05) is 13.2 Å². The van der Waals surface area contributed by atoms with Crippen molar-refractivity contribution in [3.05, 3.63) is 71.2 Å². The Morgan fingerprint density at radius 3 is 2.52 bits per heavy atom. The average Bonchev–Trinajstić information content (AvgIpc) is 3.18. The van der Waals surface area contributed by atoms with E-state index < -0.39 is 0 Å². The monoisotopic (exact) mass is 437 g/mol. The zero-order valence-electron chi connectivity index (χ0n) is 19.3. The van der Waals surface area contributed by atoms with Gasteiger partial charge in [0, 0.05) is 11.4 Å². The van der Waals surface area contributed by atoms with Gasteiger partial charge in [-0.05, 0) is 64.3 Å². The second kappa shape index (κ2) is 9.44. The number of rotatable bonds is 6. The number of nitrogens with zero attached hydrogens (tertiary/aromatic N) is 1. The molecule has 166 valence electrons. The van der Waals surface area contributed by atoms with Crippen LogP contribution in [0, 0.1) is 23.7 Å². The minimum Gasteiger partial charge on any atom is -0.491 e. The van der Waals surface area contributed by atoms with Gasteiger partial charge in [0.1, 0.15) is 12.4 Å². The van der Waals surface area contributed by atoms with Crippen LogP contribution in [0.2, 0.25) is 0 Å². The van der Waals surface area contributed by atoms with Crippen molar-refractivity contribution >= 4 is 28.9 Å². The average molecular weight is 438 g/mol. The summed E-state index contributed by atoms with van der Waals surface area (Å²) in [7, 11) is 0. The number of piperidine rings is 1. The van der Waals surface area contributed by atoms with E-state index in [-0.39, 0.29) is 11.9 Å². The van der Waals surface area contributed by atoms with Gasteiger partial charge in [-0.15, -0.1) is 11.3 Å². The molecule has 31 heavy (non-hydrogen) atoms. The van der Waals surface area contributed by atoms with Crippen LogP contribution in [0.3, 0.4) is 0 Å². The van der Waals surface area contributed by atoms with Gasteiger partial charge in [-0.25, -0.2) is 0 Å². The SMILES string of the molecule is C=Cc1sccc1C(=C)C(=C)/C=C1/OCC2CC(C(C)C)C(C(C)C)CN2C(=O)C1=C. The van der Waals surface area contributed by atoms with E-state index in [2.05, 4.69) is 54.0 Å². The summed E-state index contributed by atoms with van der Waals surface area (Å²) in [5, 5.41) is 2.01. The van der Waals surface area contributed by atoms with Gasteiger partial charge < -0.3 is 9.64 Å². The zero-order valence-corrected chi connectivity index (χ0v) is 20.1. The molecule has 2 aliphatic heterocycles. The topological polar surface area (TPSA) is 29.5 Å². The van der Waals surface area contributed by atoms with Crippen LogP contribution in [0.15, 0.2) is 60.7 Å². The minimum absolute atomic E-state index is 0.0256. The highest BCUT2D eigenvalue weighted by Gasteiger charge is 2.42. The molecule has 0 saturated carbocycles. The predicted octanol–water partition coefficient (Wildman–Crippen LogP) is 6.58. The van der Waals surface area contributed by atoms with Crippen LogP contribution in [0.25, 0.3) is 11.6 Å². The van der Waals surface area contributed by atoms with Crippen molar-refractivity contribution < 1.29 is 9.53 Å². The van der Waals surface area contributed by atoms with Crippen LogP contribution >= 0.6 is 11.3 Å². The Morgan fingerprint density at radius 2 is 1.90 bits per heavy atom. The molecule has 2 saturated heterocycles. The van der Waals surface area contributed by atoms with Crippen LogP contribution in [0.4, 0.5) is 0 Å². The number of carbonyl (C=O) groups is 1. The van der Waals surface area contributed by atoms with Crippen LogP contribution in [-0.4, -0.2) is 30.0 Å². The third kappa shape index (κ3) is 4.64. The van der Waals surface area contributed by atoms with E-state index in [1.54, 1.807) is 11.3 Å². The molecule has 0 spiro atoms. The first-order valence-corrected chi connectivity index (χ1v) is 12.0. The quantitative estimate of drug-likeness (QED) is 0.372. The highest BCUT2D eigenvalue weighted by molar-refractivity contribution is 7.11. The molecule has 3 heterocycles. The molecule has 0 radical (unpaired) electrons. The van der Waals surface area contributed by atoms with E-state index in [1.165, 1.54) is 0 Å². The van der Waals surface area contributed by atoms with Gasteiger partial charge in [0.05, 0.1) is 11.6 Å². The third-order valence-electron chi connectivity index (χ3n) is 6.80. The maximum Gasteiger partial charge on any atom is 0.257 e. The molecule has 1 aromatic rings. The van der Waals surface area contributed by atoms with E-state index in [0.717, 1.165) is 29.0 Å². The zero-order chi connectivity index (χ0) is 22.9. The molecule has 3 rings (SSSR count). The van der Waals surface area contributed by atoms with Crippen molar-refractivity contribution in [3.8, 4) is 0 Å². The molecule has 0 N–H and O–H groups in total. The number of ether oxygens (including phenoxy) is 1. The fourth-order valence-electron chi connectivity index (χ4n) is 4.83. The second-order valence-corrected chi connectivity index (χ2v) is 10.3. The predicted molar refractivity (Wildman–Crippen MR) is 133 cm³/mol. The number of hydrogen-bond donors (Lipinski definition) is 0. The fourth-order valence-corrected chi connectivity index (χ4v) is 5.60. The van der Waals surface area contributed by atoms with Gasteiger partial charge in [-0.3, -0.25) is 4.79 Å². The molecule has 1 amide bonds. The third-order valence-corrected chi connectivity index (χ3v) is 7.71.